The first kappa shape index (κ1) is 16.7. The first-order valence-electron chi connectivity index (χ1n) is 8.54. The molecule has 1 aliphatic rings. The second-order valence-electron chi connectivity index (χ2n) is 6.49. The van der Waals surface area contributed by atoms with Crippen molar-refractivity contribution in [2.45, 2.75) is 17.7 Å². The second-order valence-corrected chi connectivity index (χ2v) is 7.84. The van der Waals surface area contributed by atoms with E-state index in [4.69, 9.17) is 0 Å². The Morgan fingerprint density at radius 1 is 0.962 bits per heavy atom. The smallest absolute Gasteiger partial charge is 0.228 e. The Morgan fingerprint density at radius 3 is 2.54 bits per heavy atom. The molecule has 1 aliphatic carbocycles. The number of amides is 1. The van der Waals surface area contributed by atoms with Gasteiger partial charge in [0, 0.05) is 16.8 Å². The van der Waals surface area contributed by atoms with E-state index in [9.17, 15) is 9.00 Å². The molecule has 3 nitrogen and oxygen atoms in total. The SMILES string of the molecule is CS(=O)c1ccccc1CC(=O)Nc1ccc2c(c1)Cc1ccccc1-2. The Balaban J connectivity index is 1.52. The summed E-state index contributed by atoms with van der Waals surface area (Å²) in [7, 11) is -1.11. The highest BCUT2D eigenvalue weighted by molar-refractivity contribution is 7.84. The molecule has 1 unspecified atom stereocenters. The van der Waals surface area contributed by atoms with Gasteiger partial charge in [0.15, 0.2) is 0 Å². The highest BCUT2D eigenvalue weighted by Gasteiger charge is 2.18. The largest absolute Gasteiger partial charge is 0.326 e. The van der Waals surface area contributed by atoms with Crippen LogP contribution in [-0.2, 0) is 28.4 Å². The first-order valence-corrected chi connectivity index (χ1v) is 10.1. The Kier molecular flexibility index (Phi) is 4.43. The lowest BCUT2D eigenvalue weighted by atomic mass is 10.1. The number of carbonyl (C=O) groups excluding carboxylic acids is 1. The number of nitrogens with one attached hydrogen (secondary N) is 1. The quantitative estimate of drug-likeness (QED) is 0.593. The van der Waals surface area contributed by atoms with E-state index in [0.717, 1.165) is 17.7 Å². The van der Waals surface area contributed by atoms with Crippen molar-refractivity contribution in [3.05, 3.63) is 83.4 Å². The van der Waals surface area contributed by atoms with Gasteiger partial charge in [-0.25, -0.2) is 0 Å². The Hall–Kier alpha value is -2.72. The third kappa shape index (κ3) is 3.20. The molecular formula is C22H19NO2S. The average Bonchev–Trinajstić information content (AvgIpc) is 2.99. The van der Waals surface area contributed by atoms with Gasteiger partial charge in [-0.3, -0.25) is 9.00 Å². The number of hydrogen-bond acceptors (Lipinski definition) is 2. The molecule has 1 amide bonds. The number of benzene rings is 3. The number of fused-ring (bicyclic) bond motifs is 3. The molecule has 130 valence electrons. The number of carbonyl (C=O) groups is 1. The highest BCUT2D eigenvalue weighted by Crippen LogP contribution is 2.37. The molecule has 0 bridgehead atoms. The van der Waals surface area contributed by atoms with Crippen molar-refractivity contribution < 1.29 is 9.00 Å². The molecule has 0 saturated carbocycles. The van der Waals surface area contributed by atoms with E-state index < -0.39 is 10.8 Å². The van der Waals surface area contributed by atoms with Gasteiger partial charge in [-0.05, 0) is 52.4 Å². The lowest BCUT2D eigenvalue weighted by molar-refractivity contribution is -0.115. The Morgan fingerprint density at radius 2 is 1.69 bits per heavy atom. The fraction of sp³-hybridized carbons (Fsp3) is 0.136. The summed E-state index contributed by atoms with van der Waals surface area (Å²) in [4.78, 5) is 13.2. The average molecular weight is 361 g/mol. The summed E-state index contributed by atoms with van der Waals surface area (Å²) in [6.07, 6.45) is 2.74. The van der Waals surface area contributed by atoms with Gasteiger partial charge in [-0.15, -0.1) is 0 Å². The molecule has 26 heavy (non-hydrogen) atoms. The summed E-state index contributed by atoms with van der Waals surface area (Å²) in [5.41, 5.74) is 6.69. The minimum Gasteiger partial charge on any atom is -0.326 e. The van der Waals surface area contributed by atoms with Crippen LogP contribution < -0.4 is 5.32 Å². The molecule has 3 aromatic carbocycles. The molecular weight excluding hydrogens is 342 g/mol. The van der Waals surface area contributed by atoms with Gasteiger partial charge < -0.3 is 5.32 Å². The summed E-state index contributed by atoms with van der Waals surface area (Å²) in [5.74, 6) is -0.0987. The second kappa shape index (κ2) is 6.89. The molecule has 0 heterocycles. The van der Waals surface area contributed by atoms with Crippen LogP contribution in [-0.4, -0.2) is 16.4 Å². The van der Waals surface area contributed by atoms with E-state index in [0.29, 0.717) is 4.90 Å². The minimum atomic E-state index is -1.11. The number of rotatable bonds is 4. The zero-order chi connectivity index (χ0) is 18.1. The Bertz CT molecular complexity index is 1030. The molecule has 0 fully saturated rings. The van der Waals surface area contributed by atoms with Gasteiger partial charge in [-0.2, -0.15) is 0 Å². The molecule has 0 radical (unpaired) electrons. The van der Waals surface area contributed by atoms with E-state index in [1.54, 1.807) is 6.26 Å². The van der Waals surface area contributed by atoms with Gasteiger partial charge in [0.05, 0.1) is 17.2 Å². The lowest BCUT2D eigenvalue weighted by Gasteiger charge is -2.10. The van der Waals surface area contributed by atoms with Gasteiger partial charge in [0.1, 0.15) is 0 Å². The maximum Gasteiger partial charge on any atom is 0.228 e. The normalized spacial score (nSPS) is 13.0. The highest BCUT2D eigenvalue weighted by atomic mass is 32.2. The lowest BCUT2D eigenvalue weighted by Crippen LogP contribution is -2.15. The molecule has 4 rings (SSSR count). The zero-order valence-electron chi connectivity index (χ0n) is 14.5. The van der Waals surface area contributed by atoms with Crippen LogP contribution in [0.15, 0.2) is 71.6 Å². The van der Waals surface area contributed by atoms with E-state index >= 15 is 0 Å². The topological polar surface area (TPSA) is 46.2 Å². The van der Waals surface area contributed by atoms with E-state index in [1.807, 2.05) is 30.3 Å². The third-order valence-corrected chi connectivity index (χ3v) is 5.73. The summed E-state index contributed by atoms with van der Waals surface area (Å²) in [6.45, 7) is 0. The molecule has 4 heteroatoms. The van der Waals surface area contributed by atoms with Gasteiger partial charge in [0.2, 0.25) is 5.91 Å². The van der Waals surface area contributed by atoms with Crippen molar-refractivity contribution in [3.8, 4) is 11.1 Å². The first-order chi connectivity index (χ1) is 12.6. The number of anilines is 1. The molecule has 1 N–H and O–H groups in total. The van der Waals surface area contributed by atoms with Crippen LogP contribution in [0.5, 0.6) is 0 Å². The van der Waals surface area contributed by atoms with Gasteiger partial charge in [-0.1, -0.05) is 48.5 Å². The summed E-state index contributed by atoms with van der Waals surface area (Å²) < 4.78 is 11.8. The molecule has 0 aromatic heterocycles. The van der Waals surface area contributed by atoms with Crippen molar-refractivity contribution in [3.63, 3.8) is 0 Å². The molecule has 3 aromatic rings. The van der Waals surface area contributed by atoms with Crippen LogP contribution in [0.3, 0.4) is 0 Å². The van der Waals surface area contributed by atoms with E-state index in [2.05, 4.69) is 41.7 Å². The molecule has 0 saturated heterocycles. The van der Waals surface area contributed by atoms with E-state index in [-0.39, 0.29) is 12.3 Å². The standard InChI is InChI=1S/C22H19NO2S/c1-26(25)21-9-5-3-7-16(21)14-22(24)23-18-10-11-20-17(13-18)12-15-6-2-4-8-19(15)20/h2-11,13H,12,14H2,1H3,(H,23,24). The molecule has 0 aliphatic heterocycles. The predicted octanol–water partition coefficient (Wildman–Crippen LogP) is 4.18. The fourth-order valence-electron chi connectivity index (χ4n) is 3.53. The van der Waals surface area contributed by atoms with Crippen LogP contribution in [0.4, 0.5) is 5.69 Å². The molecule has 0 spiro atoms. The van der Waals surface area contributed by atoms with Crippen LogP contribution >= 0.6 is 0 Å². The molecule has 1 atom stereocenters. The van der Waals surface area contributed by atoms with Crippen LogP contribution in [0.25, 0.3) is 11.1 Å². The minimum absolute atomic E-state index is 0.0987. The van der Waals surface area contributed by atoms with Crippen molar-refractivity contribution in [1.82, 2.24) is 0 Å². The summed E-state index contributed by atoms with van der Waals surface area (Å²) in [6, 6.07) is 21.9. The van der Waals surface area contributed by atoms with Crippen molar-refractivity contribution >= 4 is 22.4 Å². The van der Waals surface area contributed by atoms with Gasteiger partial charge in [0.25, 0.3) is 0 Å². The van der Waals surface area contributed by atoms with Crippen molar-refractivity contribution in [2.75, 3.05) is 11.6 Å². The summed E-state index contributed by atoms with van der Waals surface area (Å²) in [5, 5.41) is 2.98. The zero-order valence-corrected chi connectivity index (χ0v) is 15.3. The van der Waals surface area contributed by atoms with Crippen LogP contribution in [0, 0.1) is 0 Å². The van der Waals surface area contributed by atoms with Crippen LogP contribution in [0.1, 0.15) is 16.7 Å². The van der Waals surface area contributed by atoms with Crippen molar-refractivity contribution in [2.24, 2.45) is 0 Å². The van der Waals surface area contributed by atoms with E-state index in [1.165, 1.54) is 22.3 Å². The van der Waals surface area contributed by atoms with Gasteiger partial charge >= 0.3 is 0 Å². The monoisotopic (exact) mass is 361 g/mol. The Labute approximate surface area is 155 Å². The predicted molar refractivity (Wildman–Crippen MR) is 106 cm³/mol. The van der Waals surface area contributed by atoms with Crippen molar-refractivity contribution in [1.29, 1.82) is 0 Å². The third-order valence-electron chi connectivity index (χ3n) is 4.71. The number of hydrogen-bond donors (Lipinski definition) is 1. The fourth-order valence-corrected chi connectivity index (χ4v) is 4.31. The summed E-state index contributed by atoms with van der Waals surface area (Å²) >= 11 is 0. The maximum atomic E-state index is 12.5. The van der Waals surface area contributed by atoms with Crippen LogP contribution in [0.2, 0.25) is 0 Å². The maximum absolute atomic E-state index is 12.5.